The van der Waals surface area contributed by atoms with Crippen LogP contribution >= 0.6 is 0 Å². The predicted octanol–water partition coefficient (Wildman–Crippen LogP) is 13.8. The Bertz CT molecular complexity index is 1510. The largest absolute Gasteiger partial charge is 0.479 e. The van der Waals surface area contributed by atoms with Crippen molar-refractivity contribution in [1.29, 1.82) is 0 Å². The van der Waals surface area contributed by atoms with Crippen molar-refractivity contribution in [3.8, 4) is 0 Å². The second kappa shape index (κ2) is 47.2. The summed E-state index contributed by atoms with van der Waals surface area (Å²) in [5.41, 5.74) is 0. The minimum atomic E-state index is -1.91. The van der Waals surface area contributed by atoms with Gasteiger partial charge in [-0.1, -0.05) is 196 Å². The predicted molar refractivity (Wildman–Crippen MR) is 285 cm³/mol. The zero-order valence-electron chi connectivity index (χ0n) is 44.4. The molecule has 0 radical (unpaired) electrons. The fourth-order valence-corrected chi connectivity index (χ4v) is 8.04. The van der Waals surface area contributed by atoms with Gasteiger partial charge in [0.05, 0.1) is 6.61 Å². The number of unbranched alkanes of at least 4 members (excludes halogenated alkanes) is 20. The van der Waals surface area contributed by atoms with E-state index in [1.807, 2.05) is 0 Å². The third-order valence-corrected chi connectivity index (χ3v) is 12.3. The Morgan fingerprint density at radius 3 is 1.37 bits per heavy atom. The van der Waals surface area contributed by atoms with Crippen LogP contribution in [0.1, 0.15) is 226 Å². The molecule has 0 bridgehead atoms. The lowest BCUT2D eigenvalue weighted by molar-refractivity contribution is -0.301. The number of allylic oxidation sites excluding steroid dienone is 12. The molecule has 0 amide bonds. The first kappa shape index (κ1) is 65.2. The molecule has 1 heterocycles. The topological polar surface area (TPSA) is 175 Å². The molecule has 12 heteroatoms. The molecule has 0 spiro atoms. The average molecular weight is 999 g/mol. The summed E-state index contributed by atoms with van der Waals surface area (Å²) in [5.74, 6) is -3.17. The first-order valence-corrected chi connectivity index (χ1v) is 27.9. The molecule has 0 aliphatic carbocycles. The molecule has 1 fully saturated rings. The van der Waals surface area contributed by atoms with Gasteiger partial charge in [0.15, 0.2) is 24.6 Å². The fraction of sp³-hybridized carbons (Fsp3) is 0.729. The second-order valence-corrected chi connectivity index (χ2v) is 18.8. The maximum atomic E-state index is 13.1. The Labute approximate surface area is 429 Å². The normalized spacial score (nSPS) is 19.0. The standard InChI is InChI=1S/C59H98O12/c1-4-7-10-13-16-19-22-24-25-26-27-29-31-33-36-39-42-45-51(60)67-48-50(69-52(61)46-43-40-37-34-30-21-18-15-12-9-6-3)49-68-59-57(55(64)54(63)56(71-59)58(65)66)70-53(62)47-44-41-38-35-32-28-23-20-17-14-11-8-5-2/h7-8,10-11,16-17,19-20,24-25,28,32,50,54-57,59,63-64H,4-6,9,12-15,18,21-23,26-27,29-31,33-49H2,1-3H3,(H,65,66)/b10-7-,11-8-,19-16-,20-17-,25-24-,32-28-. The van der Waals surface area contributed by atoms with Crippen LogP contribution in [0.25, 0.3) is 0 Å². The van der Waals surface area contributed by atoms with Crippen molar-refractivity contribution in [3.05, 3.63) is 72.9 Å². The highest BCUT2D eigenvalue weighted by molar-refractivity contribution is 5.74. The van der Waals surface area contributed by atoms with Crippen LogP contribution in [-0.2, 0) is 42.9 Å². The van der Waals surface area contributed by atoms with Crippen molar-refractivity contribution in [3.63, 3.8) is 0 Å². The van der Waals surface area contributed by atoms with Crippen molar-refractivity contribution >= 4 is 23.9 Å². The van der Waals surface area contributed by atoms with E-state index in [2.05, 4.69) is 93.7 Å². The van der Waals surface area contributed by atoms with Gasteiger partial charge in [0.25, 0.3) is 0 Å². The van der Waals surface area contributed by atoms with Crippen LogP contribution in [0.3, 0.4) is 0 Å². The van der Waals surface area contributed by atoms with Crippen molar-refractivity contribution in [2.24, 2.45) is 0 Å². The number of hydrogen-bond donors (Lipinski definition) is 3. The van der Waals surface area contributed by atoms with Gasteiger partial charge in [0, 0.05) is 19.3 Å². The lowest BCUT2D eigenvalue weighted by atomic mass is 9.98. The maximum absolute atomic E-state index is 13.1. The number of esters is 3. The zero-order chi connectivity index (χ0) is 51.8. The molecule has 6 atom stereocenters. The van der Waals surface area contributed by atoms with E-state index in [0.717, 1.165) is 116 Å². The smallest absolute Gasteiger partial charge is 0.335 e. The number of aliphatic carboxylic acids is 1. The minimum Gasteiger partial charge on any atom is -0.479 e. The summed E-state index contributed by atoms with van der Waals surface area (Å²) in [7, 11) is 0. The molecular weight excluding hydrogens is 901 g/mol. The summed E-state index contributed by atoms with van der Waals surface area (Å²) < 4.78 is 28.3. The molecule has 3 N–H and O–H groups in total. The summed E-state index contributed by atoms with van der Waals surface area (Å²) in [6.45, 7) is 5.72. The van der Waals surface area contributed by atoms with E-state index in [1.54, 1.807) is 0 Å². The molecular formula is C59H98O12. The summed E-state index contributed by atoms with van der Waals surface area (Å²) in [6.07, 6.45) is 46.0. The van der Waals surface area contributed by atoms with Gasteiger partial charge in [-0.15, -0.1) is 0 Å². The number of hydrogen-bond acceptors (Lipinski definition) is 11. The molecule has 1 rings (SSSR count). The number of carbonyl (C=O) groups is 4. The number of aliphatic hydroxyl groups excluding tert-OH is 2. The molecule has 0 aromatic rings. The average Bonchev–Trinajstić information content (AvgIpc) is 3.35. The Hall–Kier alpha value is -3.84. The van der Waals surface area contributed by atoms with Crippen LogP contribution < -0.4 is 0 Å². The Kier molecular flexibility index (Phi) is 43.3. The lowest BCUT2D eigenvalue weighted by Crippen LogP contribution is -2.61. The summed E-state index contributed by atoms with van der Waals surface area (Å²) in [5, 5.41) is 31.4. The van der Waals surface area contributed by atoms with Crippen LogP contribution in [0.2, 0.25) is 0 Å². The van der Waals surface area contributed by atoms with Crippen molar-refractivity contribution in [2.75, 3.05) is 13.2 Å². The van der Waals surface area contributed by atoms with Crippen molar-refractivity contribution < 1.29 is 58.2 Å². The van der Waals surface area contributed by atoms with E-state index in [9.17, 15) is 34.5 Å². The van der Waals surface area contributed by atoms with Crippen molar-refractivity contribution in [2.45, 2.75) is 263 Å². The van der Waals surface area contributed by atoms with E-state index in [-0.39, 0.29) is 25.9 Å². The van der Waals surface area contributed by atoms with E-state index in [4.69, 9.17) is 23.7 Å². The maximum Gasteiger partial charge on any atom is 0.335 e. The third kappa shape index (κ3) is 37.6. The van der Waals surface area contributed by atoms with Gasteiger partial charge in [-0.05, 0) is 83.5 Å². The molecule has 1 aliphatic rings. The monoisotopic (exact) mass is 999 g/mol. The number of aliphatic hydroxyl groups is 2. The van der Waals surface area contributed by atoms with Gasteiger partial charge in [-0.2, -0.15) is 0 Å². The van der Waals surface area contributed by atoms with Crippen molar-refractivity contribution in [1.82, 2.24) is 0 Å². The van der Waals surface area contributed by atoms with Crippen LogP contribution in [-0.4, -0.2) is 89.2 Å². The highest BCUT2D eigenvalue weighted by Crippen LogP contribution is 2.26. The molecule has 1 aliphatic heterocycles. The lowest BCUT2D eigenvalue weighted by Gasteiger charge is -2.40. The van der Waals surface area contributed by atoms with Crippen LogP contribution in [0.4, 0.5) is 0 Å². The van der Waals surface area contributed by atoms with Gasteiger partial charge in [-0.25, -0.2) is 4.79 Å². The van der Waals surface area contributed by atoms with Gasteiger partial charge in [0.2, 0.25) is 0 Å². The molecule has 0 aromatic heterocycles. The Balaban J connectivity index is 2.71. The number of carbonyl (C=O) groups excluding carboxylic acids is 3. The van der Waals surface area contributed by atoms with Crippen LogP contribution in [0, 0.1) is 0 Å². The minimum absolute atomic E-state index is 0.0234. The van der Waals surface area contributed by atoms with E-state index in [0.29, 0.717) is 19.3 Å². The molecule has 406 valence electrons. The zero-order valence-corrected chi connectivity index (χ0v) is 44.4. The third-order valence-electron chi connectivity index (χ3n) is 12.3. The molecule has 12 nitrogen and oxygen atoms in total. The Morgan fingerprint density at radius 1 is 0.479 bits per heavy atom. The molecule has 0 aromatic carbocycles. The van der Waals surface area contributed by atoms with Gasteiger partial charge in [0.1, 0.15) is 18.8 Å². The summed E-state index contributed by atoms with van der Waals surface area (Å²) in [6, 6.07) is 0. The summed E-state index contributed by atoms with van der Waals surface area (Å²) >= 11 is 0. The van der Waals surface area contributed by atoms with E-state index in [1.165, 1.54) is 51.4 Å². The van der Waals surface area contributed by atoms with E-state index >= 15 is 0 Å². The Morgan fingerprint density at radius 2 is 0.887 bits per heavy atom. The quantitative estimate of drug-likeness (QED) is 0.0228. The second-order valence-electron chi connectivity index (χ2n) is 18.8. The van der Waals surface area contributed by atoms with Gasteiger partial charge < -0.3 is 39.0 Å². The number of carboxylic acids is 1. The molecule has 0 saturated carbocycles. The SMILES string of the molecule is CC/C=C\C/C=C\C/C=C\CCCCCCCCCC(=O)OCC(COC1OC(C(=O)O)C(O)C(O)C1OC(=O)CCCCC/C=C\C/C=C\C/C=C\CC)OC(=O)CCCCCCCCCCCCC. The first-order valence-electron chi connectivity index (χ1n) is 27.9. The van der Waals surface area contributed by atoms with Crippen LogP contribution in [0.15, 0.2) is 72.9 Å². The van der Waals surface area contributed by atoms with Gasteiger partial charge in [-0.3, -0.25) is 14.4 Å². The number of rotatable bonds is 46. The molecule has 1 saturated heterocycles. The highest BCUT2D eigenvalue weighted by atomic mass is 16.7. The van der Waals surface area contributed by atoms with Crippen LogP contribution in [0.5, 0.6) is 0 Å². The first-order chi connectivity index (χ1) is 34.6. The van der Waals surface area contributed by atoms with Gasteiger partial charge >= 0.3 is 23.9 Å². The number of carboxylic acid groups (broad SMARTS) is 1. The fourth-order valence-electron chi connectivity index (χ4n) is 8.04. The highest BCUT2D eigenvalue weighted by Gasteiger charge is 2.50. The number of ether oxygens (including phenoxy) is 5. The molecule has 6 unspecified atom stereocenters. The summed E-state index contributed by atoms with van der Waals surface area (Å²) in [4.78, 5) is 50.9. The van der Waals surface area contributed by atoms with E-state index < -0.39 is 67.3 Å². The molecule has 71 heavy (non-hydrogen) atoms.